The lowest BCUT2D eigenvalue weighted by Crippen LogP contribution is -1.90. The molecule has 0 aromatic carbocycles. The van der Waals surface area contributed by atoms with Crippen LogP contribution in [0.2, 0.25) is 0 Å². The monoisotopic (exact) mass is 135 g/mol. The van der Waals surface area contributed by atoms with Crippen molar-refractivity contribution in [2.75, 3.05) is 7.05 Å². The molecule has 46 valence electrons. The van der Waals surface area contributed by atoms with Crippen LogP contribution in [-0.2, 0) is 9.37 Å². The van der Waals surface area contributed by atoms with Crippen molar-refractivity contribution in [3.05, 3.63) is 0 Å². The molecule has 0 heterocycles. The first-order valence-electron chi connectivity index (χ1n) is 1.72. The van der Waals surface area contributed by atoms with Gasteiger partial charge in [0, 0.05) is 18.3 Å². The summed E-state index contributed by atoms with van der Waals surface area (Å²) in [5.41, 5.74) is 0. The predicted octanol–water partition coefficient (Wildman–Crippen LogP) is 0.194. The molecule has 8 heavy (non-hydrogen) atoms. The molecule has 0 bridgehead atoms. The zero-order valence-corrected chi connectivity index (χ0v) is 4.99. The Morgan fingerprint density at radius 1 is 1.75 bits per heavy atom. The first-order valence-corrected chi connectivity index (χ1v) is 2.46. The smallest absolute Gasteiger partial charge is 0.126 e. The Labute approximate surface area is 51.2 Å². The van der Waals surface area contributed by atoms with Crippen LogP contribution in [0.3, 0.4) is 0 Å². The fraction of sp³-hybridized carbons (Fsp3) is 0.333. The van der Waals surface area contributed by atoms with Gasteiger partial charge in [-0.15, -0.1) is 4.33 Å². The average molecular weight is 135 g/mol. The summed E-state index contributed by atoms with van der Waals surface area (Å²) in [4.78, 5) is 0. The van der Waals surface area contributed by atoms with E-state index in [4.69, 9.17) is 5.26 Å². The lowest BCUT2D eigenvalue weighted by Gasteiger charge is -1.82. The van der Waals surface area contributed by atoms with Crippen LogP contribution in [0.15, 0.2) is 0 Å². The Hall–Kier alpha value is -0.410. The second kappa shape index (κ2) is 6.59. The molecule has 0 aliphatic heterocycles. The molecule has 0 atom stereocenters. The lowest BCUT2D eigenvalue weighted by atomic mass is 11.1. The van der Waals surface area contributed by atoms with E-state index in [1.54, 1.807) is 7.05 Å². The molecular weight excluding hydrogens is 130 g/mol. The molecule has 0 radical (unpaired) electrons. The highest BCUT2D eigenvalue weighted by Gasteiger charge is 1.75. The van der Waals surface area contributed by atoms with Gasteiger partial charge < -0.3 is 5.32 Å². The third kappa shape index (κ3) is 5.59. The van der Waals surface area contributed by atoms with Crippen LogP contribution in [-0.4, -0.2) is 12.3 Å². The quantitative estimate of drug-likeness (QED) is 0.141. The van der Waals surface area contributed by atoms with E-state index in [0.717, 1.165) is 0 Å². The molecule has 0 saturated heterocycles. The third-order valence-electron chi connectivity index (χ3n) is 0.282. The Balaban J connectivity index is 2.90. The molecule has 2 N–H and O–H groups in total. The van der Waals surface area contributed by atoms with Crippen LogP contribution >= 0.6 is 12.0 Å². The second-order valence-electron chi connectivity index (χ2n) is 0.703. The van der Waals surface area contributed by atoms with Gasteiger partial charge in [-0.3, -0.25) is 0 Å². The molecule has 0 fully saturated rings. The SMILES string of the molecule is CNC#CSOOO. The number of rotatable bonds is 2. The minimum atomic E-state index is 0.682. The minimum Gasteiger partial charge on any atom is -0.348 e. The number of hydrogen-bond donors (Lipinski definition) is 2. The molecule has 5 heteroatoms. The van der Waals surface area contributed by atoms with Gasteiger partial charge in [-0.05, 0) is 0 Å². The number of hydrogen-bond acceptors (Lipinski definition) is 5. The zero-order chi connectivity index (χ0) is 6.24. The van der Waals surface area contributed by atoms with Gasteiger partial charge in [-0.2, -0.15) is 0 Å². The predicted molar refractivity (Wildman–Crippen MR) is 29.2 cm³/mol. The van der Waals surface area contributed by atoms with Crippen molar-refractivity contribution in [2.45, 2.75) is 0 Å². The van der Waals surface area contributed by atoms with Crippen LogP contribution < -0.4 is 5.32 Å². The van der Waals surface area contributed by atoms with Gasteiger partial charge in [0.05, 0.1) is 0 Å². The standard InChI is InChI=1S/C3H5NO3S/c1-4-2-3-8-7-6-5/h4-5H,1H3. The first kappa shape index (κ1) is 7.59. The summed E-state index contributed by atoms with van der Waals surface area (Å²) < 4.78 is 3.89. The third-order valence-corrected chi connectivity index (χ3v) is 0.596. The highest BCUT2D eigenvalue weighted by molar-refractivity contribution is 7.99. The average Bonchev–Trinajstić information content (AvgIpc) is 1.81. The normalized spacial score (nSPS) is 7.25. The Bertz CT molecular complexity index is 96.4. The van der Waals surface area contributed by atoms with Crippen LogP contribution in [0, 0.1) is 11.3 Å². The van der Waals surface area contributed by atoms with E-state index in [1.807, 2.05) is 0 Å². The summed E-state index contributed by atoms with van der Waals surface area (Å²) in [6.07, 6.45) is 0. The topological polar surface area (TPSA) is 50.7 Å². The summed E-state index contributed by atoms with van der Waals surface area (Å²) in [7, 11) is 1.66. The van der Waals surface area contributed by atoms with Gasteiger partial charge in [0.25, 0.3) is 0 Å². The second-order valence-corrected chi connectivity index (χ2v) is 1.21. The van der Waals surface area contributed by atoms with E-state index in [-0.39, 0.29) is 0 Å². The van der Waals surface area contributed by atoms with Crippen molar-refractivity contribution in [2.24, 2.45) is 0 Å². The van der Waals surface area contributed by atoms with Gasteiger partial charge >= 0.3 is 0 Å². The van der Waals surface area contributed by atoms with Crippen molar-refractivity contribution >= 4 is 12.0 Å². The summed E-state index contributed by atoms with van der Waals surface area (Å²) in [6, 6.07) is 2.43. The maximum Gasteiger partial charge on any atom is 0.126 e. The van der Waals surface area contributed by atoms with E-state index >= 15 is 0 Å². The summed E-state index contributed by atoms with van der Waals surface area (Å²) in [6.45, 7) is 0. The molecule has 0 amide bonds. The minimum absolute atomic E-state index is 0.682. The van der Waals surface area contributed by atoms with E-state index < -0.39 is 0 Å². The van der Waals surface area contributed by atoms with Gasteiger partial charge in [0.15, 0.2) is 0 Å². The Morgan fingerprint density at radius 3 is 3.00 bits per heavy atom. The molecule has 0 aliphatic rings. The largest absolute Gasteiger partial charge is 0.348 e. The van der Waals surface area contributed by atoms with Crippen molar-refractivity contribution in [1.29, 1.82) is 0 Å². The van der Waals surface area contributed by atoms with E-state index in [0.29, 0.717) is 12.0 Å². The van der Waals surface area contributed by atoms with Gasteiger partial charge in [0.2, 0.25) is 0 Å². The van der Waals surface area contributed by atoms with E-state index in [2.05, 4.69) is 26.0 Å². The molecule has 0 rings (SSSR count). The van der Waals surface area contributed by atoms with Crippen LogP contribution in [0.25, 0.3) is 0 Å². The Kier molecular flexibility index (Phi) is 6.25. The summed E-state index contributed by atoms with van der Waals surface area (Å²) in [5.74, 6) is 0. The first-order chi connectivity index (χ1) is 3.91. The molecule has 0 saturated carbocycles. The van der Waals surface area contributed by atoms with Crippen molar-refractivity contribution in [3.63, 3.8) is 0 Å². The van der Waals surface area contributed by atoms with Crippen molar-refractivity contribution in [1.82, 2.24) is 5.32 Å². The molecule has 0 unspecified atom stereocenters. The summed E-state index contributed by atoms with van der Waals surface area (Å²) >= 11 is 0.682. The van der Waals surface area contributed by atoms with E-state index in [1.165, 1.54) is 0 Å². The molecule has 0 spiro atoms. The van der Waals surface area contributed by atoms with Gasteiger partial charge in [0.1, 0.15) is 12.0 Å². The Morgan fingerprint density at radius 2 is 2.50 bits per heavy atom. The maximum atomic E-state index is 7.53. The van der Waals surface area contributed by atoms with Crippen LogP contribution in [0.5, 0.6) is 0 Å². The fourth-order valence-electron chi connectivity index (χ4n) is 0.104. The lowest BCUT2D eigenvalue weighted by molar-refractivity contribution is -0.431. The molecular formula is C3H5NO3S. The highest BCUT2D eigenvalue weighted by Crippen LogP contribution is 1.95. The zero-order valence-electron chi connectivity index (χ0n) is 4.17. The van der Waals surface area contributed by atoms with Crippen LogP contribution in [0.4, 0.5) is 0 Å². The van der Waals surface area contributed by atoms with Gasteiger partial charge in [-0.25, -0.2) is 5.26 Å². The van der Waals surface area contributed by atoms with Crippen molar-refractivity contribution in [3.8, 4) is 11.3 Å². The number of nitrogens with one attached hydrogen (secondary N) is 1. The molecule has 0 aliphatic carbocycles. The van der Waals surface area contributed by atoms with Crippen molar-refractivity contribution < 1.29 is 14.6 Å². The van der Waals surface area contributed by atoms with E-state index in [9.17, 15) is 0 Å². The highest BCUT2D eigenvalue weighted by atomic mass is 32.2. The van der Waals surface area contributed by atoms with Crippen LogP contribution in [0.1, 0.15) is 0 Å². The summed E-state index contributed by atoms with van der Waals surface area (Å²) in [5, 5.41) is 15.7. The molecule has 0 aromatic rings. The molecule has 0 aromatic heterocycles. The maximum absolute atomic E-state index is 7.53. The fourth-order valence-corrected chi connectivity index (χ4v) is 0.312. The van der Waals surface area contributed by atoms with Gasteiger partial charge in [-0.1, -0.05) is 5.04 Å². The molecule has 4 nitrogen and oxygen atoms in total.